The number of hydrogen-bond acceptors (Lipinski definition) is 2. The Morgan fingerprint density at radius 3 is 1.82 bits per heavy atom. The van der Waals surface area contributed by atoms with Gasteiger partial charge >= 0.3 is 0 Å². The molecule has 0 amide bonds. The fourth-order valence-electron chi connectivity index (χ4n) is 0.868. The minimum Gasteiger partial charge on any atom is -0.491 e. The van der Waals surface area contributed by atoms with Crippen molar-refractivity contribution >= 4 is 51.6 Å². The summed E-state index contributed by atoms with van der Waals surface area (Å²) in [6.45, 7) is 0. The summed E-state index contributed by atoms with van der Waals surface area (Å²) in [5.41, 5.74) is -0.238. The molecule has 0 fully saturated rings. The van der Waals surface area contributed by atoms with Gasteiger partial charge in [-0.25, -0.2) is 8.78 Å². The van der Waals surface area contributed by atoms with E-state index in [1.165, 1.54) is 0 Å². The molecule has 0 spiro atoms. The average Bonchev–Trinajstić information content (AvgIpc) is 2.15. The van der Waals surface area contributed by atoms with Crippen LogP contribution >= 0.6 is 46.4 Å². The van der Waals surface area contributed by atoms with E-state index in [0.29, 0.717) is 0 Å². The van der Waals surface area contributed by atoms with Crippen molar-refractivity contribution in [3.05, 3.63) is 29.3 Å². The Balaban J connectivity index is 0.000000557. The van der Waals surface area contributed by atoms with Gasteiger partial charge in [-0.05, 0) is 23.7 Å². The first-order valence-electron chi connectivity index (χ1n) is 3.94. The van der Waals surface area contributed by atoms with Gasteiger partial charge in [0.05, 0.1) is 7.11 Å². The molecule has 0 bridgehead atoms. The molecule has 17 heavy (non-hydrogen) atoms. The standard InChI is InChI=1S/C8H5ClF2O2.CHCl3/c1-13-7-5(10)2-4(8(9)12)3-6(7)11;2-1(3)4/h2-3H,1H3;1H. The Hall–Kier alpha value is -0.290. The number of methoxy groups -OCH3 is 1. The first kappa shape index (κ1) is 16.7. The third kappa shape index (κ3) is 6.27. The molecule has 0 atom stereocenters. The lowest BCUT2D eigenvalue weighted by Gasteiger charge is -2.03. The molecule has 0 aliphatic heterocycles. The number of ether oxygens (including phenoxy) is 1. The van der Waals surface area contributed by atoms with Crippen LogP contribution in [0.3, 0.4) is 0 Å². The van der Waals surface area contributed by atoms with E-state index >= 15 is 0 Å². The van der Waals surface area contributed by atoms with Crippen molar-refractivity contribution in [1.82, 2.24) is 0 Å². The fourth-order valence-corrected chi connectivity index (χ4v) is 0.977. The monoisotopic (exact) mass is 324 g/mol. The zero-order valence-electron chi connectivity index (χ0n) is 8.32. The smallest absolute Gasteiger partial charge is 0.252 e. The van der Waals surface area contributed by atoms with Crippen LogP contribution < -0.4 is 4.74 Å². The van der Waals surface area contributed by atoms with Crippen LogP contribution in [-0.2, 0) is 0 Å². The number of rotatable bonds is 2. The van der Waals surface area contributed by atoms with Crippen LogP contribution in [0.1, 0.15) is 10.4 Å². The SMILES string of the molecule is COc1c(F)cc(C(=O)Cl)cc1F.ClC(Cl)Cl. The highest BCUT2D eigenvalue weighted by atomic mass is 35.6. The van der Waals surface area contributed by atoms with Gasteiger partial charge in [0, 0.05) is 5.56 Å². The topological polar surface area (TPSA) is 26.3 Å². The number of carbonyl (C=O) groups is 1. The summed E-state index contributed by atoms with van der Waals surface area (Å²) in [5.74, 6) is -2.43. The van der Waals surface area contributed by atoms with Crippen molar-refractivity contribution in [2.24, 2.45) is 0 Å². The van der Waals surface area contributed by atoms with E-state index in [4.69, 9.17) is 46.4 Å². The molecule has 8 heteroatoms. The summed E-state index contributed by atoms with van der Waals surface area (Å²) in [6, 6.07) is 1.63. The highest BCUT2D eigenvalue weighted by molar-refractivity contribution is 6.67. The van der Waals surface area contributed by atoms with E-state index in [1.807, 2.05) is 0 Å². The lowest BCUT2D eigenvalue weighted by Crippen LogP contribution is -1.97. The normalized spacial score (nSPS) is 9.65. The van der Waals surface area contributed by atoms with E-state index in [1.54, 1.807) is 0 Å². The summed E-state index contributed by atoms with van der Waals surface area (Å²) in [6.07, 6.45) is 0. The predicted octanol–water partition coefficient (Wildman–Crippen LogP) is 4.34. The van der Waals surface area contributed by atoms with Gasteiger partial charge in [0.25, 0.3) is 5.24 Å². The number of halogens is 6. The molecule has 96 valence electrons. The second kappa shape index (κ2) is 7.93. The summed E-state index contributed by atoms with van der Waals surface area (Å²) in [4.78, 5) is 10.5. The van der Waals surface area contributed by atoms with Gasteiger partial charge < -0.3 is 4.74 Å². The van der Waals surface area contributed by atoms with Crippen molar-refractivity contribution in [2.75, 3.05) is 7.11 Å². The van der Waals surface area contributed by atoms with E-state index in [0.717, 1.165) is 19.2 Å². The zero-order chi connectivity index (χ0) is 13.6. The van der Waals surface area contributed by atoms with Crippen molar-refractivity contribution in [2.45, 2.75) is 4.30 Å². The summed E-state index contributed by atoms with van der Waals surface area (Å²) < 4.78 is 29.4. The highest BCUT2D eigenvalue weighted by Gasteiger charge is 2.13. The number of benzene rings is 1. The third-order valence-corrected chi connectivity index (χ3v) is 1.65. The summed E-state index contributed by atoms with van der Waals surface area (Å²) >= 11 is 19.4. The fraction of sp³-hybridized carbons (Fsp3) is 0.222. The van der Waals surface area contributed by atoms with E-state index in [9.17, 15) is 13.6 Å². The molecule has 1 rings (SSSR count). The van der Waals surface area contributed by atoms with E-state index < -0.39 is 26.9 Å². The Labute approximate surface area is 116 Å². The molecule has 0 heterocycles. The van der Waals surface area contributed by atoms with Crippen LogP contribution in [0.25, 0.3) is 0 Å². The minimum atomic E-state index is -0.952. The largest absolute Gasteiger partial charge is 0.491 e. The molecule has 2 nitrogen and oxygen atoms in total. The number of hydrogen-bond donors (Lipinski definition) is 0. The molecule has 0 aliphatic carbocycles. The Morgan fingerprint density at radius 1 is 1.24 bits per heavy atom. The maximum atomic E-state index is 12.9. The first-order chi connectivity index (χ1) is 7.79. The number of alkyl halides is 3. The molecule has 1 aromatic rings. The lowest BCUT2D eigenvalue weighted by molar-refractivity contribution is 0.108. The molecule has 0 unspecified atom stereocenters. The molecular formula is C9H6Cl4F2O2. The molecule has 0 radical (unpaired) electrons. The molecule has 0 saturated carbocycles. The Kier molecular flexibility index (Phi) is 7.79. The minimum absolute atomic E-state index is 0.238. The van der Waals surface area contributed by atoms with Crippen molar-refractivity contribution in [3.8, 4) is 5.75 Å². The molecule has 0 N–H and O–H groups in total. The quantitative estimate of drug-likeness (QED) is 0.597. The Morgan fingerprint density at radius 2 is 1.59 bits per heavy atom. The second-order valence-electron chi connectivity index (χ2n) is 2.49. The van der Waals surface area contributed by atoms with Gasteiger partial charge in [0.2, 0.25) is 0 Å². The maximum Gasteiger partial charge on any atom is 0.252 e. The van der Waals surface area contributed by atoms with Gasteiger partial charge in [-0.2, -0.15) is 0 Å². The van der Waals surface area contributed by atoms with Crippen molar-refractivity contribution < 1.29 is 18.3 Å². The van der Waals surface area contributed by atoms with Gasteiger partial charge in [0.1, 0.15) is 0 Å². The van der Waals surface area contributed by atoms with Crippen LogP contribution in [0, 0.1) is 11.6 Å². The van der Waals surface area contributed by atoms with E-state index in [2.05, 4.69) is 4.74 Å². The average molecular weight is 326 g/mol. The molecule has 0 aliphatic rings. The number of carbonyl (C=O) groups excluding carboxylic acids is 1. The maximum absolute atomic E-state index is 12.9. The van der Waals surface area contributed by atoms with Gasteiger partial charge in [0.15, 0.2) is 21.7 Å². The van der Waals surface area contributed by atoms with E-state index in [-0.39, 0.29) is 5.56 Å². The van der Waals surface area contributed by atoms with Gasteiger partial charge in [-0.1, -0.05) is 34.8 Å². The third-order valence-electron chi connectivity index (χ3n) is 1.43. The lowest BCUT2D eigenvalue weighted by atomic mass is 10.2. The van der Waals surface area contributed by atoms with Crippen LogP contribution in [0.5, 0.6) is 5.75 Å². The van der Waals surface area contributed by atoms with Crippen LogP contribution in [0.4, 0.5) is 8.78 Å². The first-order valence-corrected chi connectivity index (χ1v) is 5.63. The molecule has 1 aromatic carbocycles. The van der Waals surface area contributed by atoms with Crippen molar-refractivity contribution in [3.63, 3.8) is 0 Å². The highest BCUT2D eigenvalue weighted by Crippen LogP contribution is 2.23. The predicted molar refractivity (Wildman–Crippen MR) is 64.4 cm³/mol. The summed E-state index contributed by atoms with van der Waals surface area (Å²) in [7, 11) is 1.13. The van der Waals surface area contributed by atoms with Gasteiger partial charge in [-0.3, -0.25) is 4.79 Å². The van der Waals surface area contributed by atoms with Crippen LogP contribution in [-0.4, -0.2) is 16.6 Å². The van der Waals surface area contributed by atoms with Crippen molar-refractivity contribution in [1.29, 1.82) is 0 Å². The van der Waals surface area contributed by atoms with Crippen LogP contribution in [0.15, 0.2) is 12.1 Å². The van der Waals surface area contributed by atoms with Crippen LogP contribution in [0.2, 0.25) is 0 Å². The Bertz CT molecular complexity index is 373. The second-order valence-corrected chi connectivity index (χ2v) is 4.82. The molecule has 0 saturated heterocycles. The molecular weight excluding hydrogens is 320 g/mol. The van der Waals surface area contributed by atoms with Gasteiger partial charge in [-0.15, -0.1) is 0 Å². The zero-order valence-corrected chi connectivity index (χ0v) is 11.3. The summed E-state index contributed by atoms with van der Waals surface area (Å²) in [5, 5.41) is -0.916. The molecule has 0 aromatic heterocycles.